The van der Waals surface area contributed by atoms with E-state index in [0.29, 0.717) is 17.4 Å². The average molecular weight is 245 g/mol. The summed E-state index contributed by atoms with van der Waals surface area (Å²) in [7, 11) is 0. The maximum absolute atomic E-state index is 10.9. The van der Waals surface area contributed by atoms with Gasteiger partial charge in [0, 0.05) is 6.54 Å². The number of anilines is 2. The van der Waals surface area contributed by atoms with Gasteiger partial charge in [-0.1, -0.05) is 11.6 Å². The number of nitrogen functional groups attached to an aromatic ring is 1. The van der Waals surface area contributed by atoms with Crippen molar-refractivity contribution in [3.8, 4) is 0 Å². The third kappa shape index (κ3) is 2.94. The number of likely N-dealkylation sites (N-methyl/N-ethyl adjacent to an activating group) is 1. The summed E-state index contributed by atoms with van der Waals surface area (Å²) >= 11 is 5.92. The lowest BCUT2D eigenvalue weighted by Crippen LogP contribution is -2.34. The van der Waals surface area contributed by atoms with Crippen LogP contribution in [0.4, 0.5) is 11.8 Å². The molecule has 1 rings (SSSR count). The minimum Gasteiger partial charge on any atom is -0.368 e. The van der Waals surface area contributed by atoms with Crippen molar-refractivity contribution in [1.29, 1.82) is 0 Å². The number of rotatable bonds is 5. The van der Waals surface area contributed by atoms with E-state index in [-0.39, 0.29) is 12.5 Å². The summed E-state index contributed by atoms with van der Waals surface area (Å²) in [4.78, 5) is 20.4. The monoisotopic (exact) mass is 244 g/mol. The number of nitrogens with two attached hydrogens (primary N) is 2. The lowest BCUT2D eigenvalue weighted by molar-refractivity contribution is -0.116. The van der Waals surface area contributed by atoms with E-state index in [1.165, 1.54) is 6.20 Å². The number of hydrogen-bond acceptors (Lipinski definition) is 6. The second kappa shape index (κ2) is 5.47. The predicted octanol–water partition coefficient (Wildman–Crippen LogP) is -0.273. The normalized spacial score (nSPS) is 9.94. The first-order valence-electron chi connectivity index (χ1n) is 4.60. The summed E-state index contributed by atoms with van der Waals surface area (Å²) in [5.41, 5.74) is 7.42. The van der Waals surface area contributed by atoms with Gasteiger partial charge in [0.15, 0.2) is 5.82 Å². The minimum atomic E-state index is -0.459. The standard InChI is InChI=1S/C8H13ClN6O/c1-2-15(4-6(10)16)7-5(9)3-12-8(13-7)14-11/h3H,2,4,11H2,1H3,(H2,10,16)(H,12,13,14). The Morgan fingerprint density at radius 3 is 2.88 bits per heavy atom. The molecule has 0 spiro atoms. The number of halogens is 1. The lowest BCUT2D eigenvalue weighted by atomic mass is 10.4. The maximum Gasteiger partial charge on any atom is 0.239 e. The number of nitrogens with one attached hydrogen (secondary N) is 1. The molecule has 8 heteroatoms. The zero-order valence-electron chi connectivity index (χ0n) is 8.77. The second-order valence-corrected chi connectivity index (χ2v) is 3.40. The van der Waals surface area contributed by atoms with E-state index < -0.39 is 5.91 Å². The number of hydrogen-bond donors (Lipinski definition) is 3. The van der Waals surface area contributed by atoms with E-state index in [4.69, 9.17) is 23.2 Å². The van der Waals surface area contributed by atoms with Gasteiger partial charge in [-0.15, -0.1) is 0 Å². The Balaban J connectivity index is 3.02. The smallest absolute Gasteiger partial charge is 0.239 e. The van der Waals surface area contributed by atoms with Crippen molar-refractivity contribution in [2.45, 2.75) is 6.92 Å². The Morgan fingerprint density at radius 1 is 1.69 bits per heavy atom. The second-order valence-electron chi connectivity index (χ2n) is 2.99. The van der Waals surface area contributed by atoms with Gasteiger partial charge in [0.25, 0.3) is 0 Å². The molecule has 88 valence electrons. The van der Waals surface area contributed by atoms with Crippen LogP contribution in [0.5, 0.6) is 0 Å². The molecule has 1 aromatic rings. The zero-order chi connectivity index (χ0) is 12.1. The summed E-state index contributed by atoms with van der Waals surface area (Å²) in [5.74, 6) is 5.37. The summed E-state index contributed by atoms with van der Waals surface area (Å²) in [6.07, 6.45) is 1.41. The number of hydrazine groups is 1. The highest BCUT2D eigenvalue weighted by Gasteiger charge is 2.13. The topological polar surface area (TPSA) is 110 Å². The first kappa shape index (κ1) is 12.5. The van der Waals surface area contributed by atoms with Crippen LogP contribution < -0.4 is 21.9 Å². The molecule has 1 aromatic heterocycles. The third-order valence-electron chi connectivity index (χ3n) is 1.88. The molecular weight excluding hydrogens is 232 g/mol. The molecule has 0 atom stereocenters. The van der Waals surface area contributed by atoms with Gasteiger partial charge >= 0.3 is 0 Å². The van der Waals surface area contributed by atoms with Gasteiger partial charge in [0.1, 0.15) is 5.02 Å². The van der Waals surface area contributed by atoms with Crippen molar-refractivity contribution < 1.29 is 4.79 Å². The number of carbonyl (C=O) groups is 1. The molecule has 7 nitrogen and oxygen atoms in total. The van der Waals surface area contributed by atoms with Crippen LogP contribution in [-0.4, -0.2) is 29.0 Å². The number of amides is 1. The van der Waals surface area contributed by atoms with Gasteiger partial charge < -0.3 is 10.6 Å². The van der Waals surface area contributed by atoms with Crippen molar-refractivity contribution in [1.82, 2.24) is 9.97 Å². The van der Waals surface area contributed by atoms with E-state index in [2.05, 4.69) is 15.4 Å². The quantitative estimate of drug-likeness (QED) is 0.486. The summed E-state index contributed by atoms with van der Waals surface area (Å²) < 4.78 is 0. The molecule has 1 amide bonds. The fourth-order valence-corrected chi connectivity index (χ4v) is 1.38. The molecule has 0 aromatic carbocycles. The molecule has 0 radical (unpaired) electrons. The first-order valence-corrected chi connectivity index (χ1v) is 4.98. The van der Waals surface area contributed by atoms with Crippen molar-refractivity contribution in [2.24, 2.45) is 11.6 Å². The van der Waals surface area contributed by atoms with Gasteiger partial charge in [-0.3, -0.25) is 10.2 Å². The molecule has 0 fully saturated rings. The molecule has 0 saturated heterocycles. The number of carbonyl (C=O) groups excluding carboxylic acids is 1. The summed E-state index contributed by atoms with van der Waals surface area (Å²) in [6, 6.07) is 0. The number of primary amides is 1. The number of nitrogens with zero attached hydrogens (tertiary/aromatic N) is 3. The highest BCUT2D eigenvalue weighted by Crippen LogP contribution is 2.22. The maximum atomic E-state index is 10.9. The summed E-state index contributed by atoms with van der Waals surface area (Å²) in [6.45, 7) is 2.44. The molecular formula is C8H13ClN6O. The van der Waals surface area contributed by atoms with Gasteiger partial charge in [-0.2, -0.15) is 4.98 Å². The van der Waals surface area contributed by atoms with Crippen LogP contribution in [0.1, 0.15) is 6.92 Å². The highest BCUT2D eigenvalue weighted by molar-refractivity contribution is 6.32. The van der Waals surface area contributed by atoms with Crippen molar-refractivity contribution in [2.75, 3.05) is 23.4 Å². The lowest BCUT2D eigenvalue weighted by Gasteiger charge is -2.21. The zero-order valence-corrected chi connectivity index (χ0v) is 9.53. The van der Waals surface area contributed by atoms with Crippen LogP contribution in [-0.2, 0) is 4.79 Å². The fourth-order valence-electron chi connectivity index (χ4n) is 1.17. The minimum absolute atomic E-state index is 0.0389. The van der Waals surface area contributed by atoms with Crippen molar-refractivity contribution in [3.05, 3.63) is 11.2 Å². The van der Waals surface area contributed by atoms with Crippen LogP contribution in [0, 0.1) is 0 Å². The predicted molar refractivity (Wildman–Crippen MR) is 61.9 cm³/mol. The van der Waals surface area contributed by atoms with Gasteiger partial charge in [0.05, 0.1) is 12.7 Å². The molecule has 1 heterocycles. The highest BCUT2D eigenvalue weighted by atomic mass is 35.5. The molecule has 0 saturated carbocycles. The van der Waals surface area contributed by atoms with E-state index in [1.54, 1.807) is 4.90 Å². The molecule has 16 heavy (non-hydrogen) atoms. The average Bonchev–Trinajstić information content (AvgIpc) is 2.26. The van der Waals surface area contributed by atoms with E-state index in [9.17, 15) is 4.79 Å². The molecule has 5 N–H and O–H groups in total. The summed E-state index contributed by atoms with van der Waals surface area (Å²) in [5, 5.41) is 0.335. The molecule has 0 aliphatic heterocycles. The van der Waals surface area contributed by atoms with Crippen LogP contribution >= 0.6 is 11.6 Å². The van der Waals surface area contributed by atoms with Crippen LogP contribution in [0.25, 0.3) is 0 Å². The molecule has 0 aliphatic rings. The Morgan fingerprint density at radius 2 is 2.38 bits per heavy atom. The SMILES string of the molecule is CCN(CC(N)=O)c1nc(NN)ncc1Cl. The number of aromatic nitrogens is 2. The first-order chi connectivity index (χ1) is 7.58. The Kier molecular flexibility index (Phi) is 4.27. The Bertz CT molecular complexity index is 385. The largest absolute Gasteiger partial charge is 0.368 e. The molecule has 0 bridgehead atoms. The Labute approximate surface area is 97.8 Å². The van der Waals surface area contributed by atoms with Crippen LogP contribution in [0.2, 0.25) is 5.02 Å². The van der Waals surface area contributed by atoms with Crippen molar-refractivity contribution in [3.63, 3.8) is 0 Å². The van der Waals surface area contributed by atoms with Gasteiger partial charge in [0.2, 0.25) is 11.9 Å². The molecule has 0 unspecified atom stereocenters. The van der Waals surface area contributed by atoms with Crippen molar-refractivity contribution >= 4 is 29.3 Å². The van der Waals surface area contributed by atoms with E-state index in [0.717, 1.165) is 0 Å². The van der Waals surface area contributed by atoms with E-state index >= 15 is 0 Å². The molecule has 0 aliphatic carbocycles. The van der Waals surface area contributed by atoms with Gasteiger partial charge in [-0.05, 0) is 6.92 Å². The van der Waals surface area contributed by atoms with Gasteiger partial charge in [-0.25, -0.2) is 10.8 Å². The fraction of sp³-hybridized carbons (Fsp3) is 0.375. The Hall–Kier alpha value is -1.60. The third-order valence-corrected chi connectivity index (χ3v) is 2.15. The van der Waals surface area contributed by atoms with Crippen LogP contribution in [0.3, 0.4) is 0 Å². The van der Waals surface area contributed by atoms with E-state index in [1.807, 2.05) is 6.92 Å². The van der Waals surface area contributed by atoms with Crippen LogP contribution in [0.15, 0.2) is 6.20 Å².